The van der Waals surface area contributed by atoms with Crippen LogP contribution >= 0.6 is 7.82 Å². The lowest BCUT2D eigenvalue weighted by Crippen LogP contribution is -2.30. The van der Waals surface area contributed by atoms with E-state index < -0.39 is 57.8 Å². The first-order valence-corrected chi connectivity index (χ1v) is 32.0. The van der Waals surface area contributed by atoms with Crippen LogP contribution < -0.4 is 0 Å². The van der Waals surface area contributed by atoms with Gasteiger partial charge in [0.05, 0.1) is 19.8 Å². The topological polar surface area (TPSA) is 155 Å². The summed E-state index contributed by atoms with van der Waals surface area (Å²) in [7, 11) is -4.77. The average Bonchev–Trinajstić information content (AvgIpc) is 3.41. The van der Waals surface area contributed by atoms with Gasteiger partial charge in [0.2, 0.25) is 0 Å². The van der Waals surface area contributed by atoms with Gasteiger partial charge in [-0.1, -0.05) is 254 Å². The Balaban J connectivity index is 4.76. The summed E-state index contributed by atoms with van der Waals surface area (Å²) < 4.78 is 39.5. The zero-order chi connectivity index (χ0) is 55.5. The van der Waals surface area contributed by atoms with Crippen molar-refractivity contribution in [3.05, 3.63) is 85.1 Å². The van der Waals surface area contributed by atoms with Crippen molar-refractivity contribution in [2.45, 2.75) is 277 Å². The lowest BCUT2D eigenvalue weighted by atomic mass is 10.0. The number of phosphoric ester groups is 1. The molecule has 3 atom stereocenters. The van der Waals surface area contributed by atoms with Gasteiger partial charge in [0, 0.05) is 19.3 Å². The van der Waals surface area contributed by atoms with Crippen LogP contribution in [0.15, 0.2) is 85.1 Å². The van der Waals surface area contributed by atoms with E-state index in [0.717, 1.165) is 96.3 Å². The average molecular weight is 1090 g/mol. The fourth-order valence-electron chi connectivity index (χ4n) is 8.27. The highest BCUT2D eigenvalue weighted by atomic mass is 31.2. The van der Waals surface area contributed by atoms with E-state index in [4.69, 9.17) is 23.3 Å². The quantitative estimate of drug-likeness (QED) is 0.0197. The molecule has 0 amide bonds. The van der Waals surface area contributed by atoms with E-state index in [1.54, 1.807) is 0 Å². The maximum Gasteiger partial charge on any atom is 0.472 e. The van der Waals surface area contributed by atoms with E-state index >= 15 is 0 Å². The molecule has 0 saturated carbocycles. The van der Waals surface area contributed by atoms with Gasteiger partial charge in [-0.25, -0.2) is 4.57 Å². The SMILES string of the molecule is CC/C=C\C/C=C\C/C=C\C/C=C\CCC(=O)OC(CO)COP(=O)(O)OCC(COC(=O)CCCCCCCCC/C=C\C/C=C\C/C=C\CC)OC(=O)CCCCCCCCCCCCCCCCCCCCC. The first-order valence-electron chi connectivity index (χ1n) is 30.5. The van der Waals surface area contributed by atoms with Gasteiger partial charge in [-0.05, 0) is 77.0 Å². The monoisotopic (exact) mass is 1090 g/mol. The lowest BCUT2D eigenvalue weighted by Gasteiger charge is -2.21. The highest BCUT2D eigenvalue weighted by molar-refractivity contribution is 7.47. The van der Waals surface area contributed by atoms with E-state index in [1.807, 2.05) is 12.2 Å². The Labute approximate surface area is 464 Å². The number of carbonyl (C=O) groups excluding carboxylic acids is 3. The number of hydrogen-bond acceptors (Lipinski definition) is 10. The largest absolute Gasteiger partial charge is 0.472 e. The predicted molar refractivity (Wildman–Crippen MR) is 316 cm³/mol. The molecule has 438 valence electrons. The molecule has 0 aromatic heterocycles. The fourth-order valence-corrected chi connectivity index (χ4v) is 9.05. The molecule has 0 aliphatic heterocycles. The van der Waals surface area contributed by atoms with Crippen molar-refractivity contribution in [1.82, 2.24) is 0 Å². The first-order chi connectivity index (χ1) is 37.2. The molecule has 0 aliphatic rings. The summed E-state index contributed by atoms with van der Waals surface area (Å²) in [5.41, 5.74) is 0. The van der Waals surface area contributed by atoms with Crippen LogP contribution in [0.1, 0.15) is 265 Å². The van der Waals surface area contributed by atoms with Crippen molar-refractivity contribution in [2.75, 3.05) is 26.4 Å². The van der Waals surface area contributed by atoms with Crippen molar-refractivity contribution >= 4 is 25.7 Å². The molecular weight excluding hydrogens is 976 g/mol. The number of unbranched alkanes of at least 4 members (excludes halogenated alkanes) is 25. The van der Waals surface area contributed by atoms with Gasteiger partial charge in [0.25, 0.3) is 0 Å². The summed E-state index contributed by atoms with van der Waals surface area (Å²) in [5.74, 6) is -1.55. The smallest absolute Gasteiger partial charge is 0.462 e. The lowest BCUT2D eigenvalue weighted by molar-refractivity contribution is -0.161. The van der Waals surface area contributed by atoms with E-state index in [0.29, 0.717) is 19.3 Å². The second-order valence-electron chi connectivity index (χ2n) is 20.1. The molecule has 0 rings (SSSR count). The number of aliphatic hydroxyl groups is 1. The molecule has 11 nitrogen and oxygen atoms in total. The normalized spacial score (nSPS) is 13.9. The molecule has 0 fully saturated rings. The Morgan fingerprint density at radius 3 is 1.13 bits per heavy atom. The van der Waals surface area contributed by atoms with Crippen LogP contribution in [-0.4, -0.2) is 66.5 Å². The summed E-state index contributed by atoms with van der Waals surface area (Å²) in [6, 6.07) is 0. The summed E-state index contributed by atoms with van der Waals surface area (Å²) in [5, 5.41) is 9.80. The molecular formula is C64H111O11P. The molecule has 0 radical (unpaired) electrons. The Kier molecular flexibility index (Phi) is 55.3. The van der Waals surface area contributed by atoms with Gasteiger partial charge in [-0.15, -0.1) is 0 Å². The maximum atomic E-state index is 12.9. The van der Waals surface area contributed by atoms with Gasteiger partial charge in [-0.2, -0.15) is 0 Å². The van der Waals surface area contributed by atoms with Crippen LogP contribution in [0.3, 0.4) is 0 Å². The highest BCUT2D eigenvalue weighted by Gasteiger charge is 2.28. The number of hydrogen-bond donors (Lipinski definition) is 2. The van der Waals surface area contributed by atoms with E-state index in [1.165, 1.54) is 109 Å². The van der Waals surface area contributed by atoms with Gasteiger partial charge < -0.3 is 24.2 Å². The molecule has 0 aliphatic carbocycles. The molecule has 0 aromatic rings. The van der Waals surface area contributed by atoms with Crippen molar-refractivity contribution in [2.24, 2.45) is 0 Å². The van der Waals surface area contributed by atoms with Crippen LogP contribution in [0, 0.1) is 0 Å². The third-order valence-electron chi connectivity index (χ3n) is 12.8. The summed E-state index contributed by atoms with van der Waals surface area (Å²) in [6.45, 7) is 4.36. The van der Waals surface area contributed by atoms with Crippen molar-refractivity contribution < 1.29 is 52.2 Å². The van der Waals surface area contributed by atoms with Gasteiger partial charge in [0.1, 0.15) is 12.7 Å². The Bertz CT molecular complexity index is 1600. The minimum absolute atomic E-state index is 0.0540. The number of ether oxygens (including phenoxy) is 3. The Morgan fingerprint density at radius 1 is 0.382 bits per heavy atom. The molecule has 0 saturated heterocycles. The minimum Gasteiger partial charge on any atom is -0.462 e. The number of rotatable bonds is 56. The zero-order valence-corrected chi connectivity index (χ0v) is 49.3. The highest BCUT2D eigenvalue weighted by Crippen LogP contribution is 2.43. The third kappa shape index (κ3) is 55.4. The van der Waals surface area contributed by atoms with E-state index in [2.05, 4.69) is 93.7 Å². The molecule has 0 heterocycles. The first kappa shape index (κ1) is 72.7. The predicted octanol–water partition coefficient (Wildman–Crippen LogP) is 18.3. The minimum atomic E-state index is -4.77. The summed E-state index contributed by atoms with van der Waals surface area (Å²) in [6.07, 6.45) is 67.0. The molecule has 0 spiro atoms. The molecule has 0 aromatic carbocycles. The second-order valence-corrected chi connectivity index (χ2v) is 21.6. The molecule has 3 unspecified atom stereocenters. The van der Waals surface area contributed by atoms with E-state index in [9.17, 15) is 28.9 Å². The van der Waals surface area contributed by atoms with Crippen LogP contribution in [0.5, 0.6) is 0 Å². The second kappa shape index (κ2) is 57.8. The van der Waals surface area contributed by atoms with Crippen LogP contribution in [0.25, 0.3) is 0 Å². The zero-order valence-electron chi connectivity index (χ0n) is 48.5. The molecule has 0 bridgehead atoms. The molecule has 2 N–H and O–H groups in total. The number of carbonyl (C=O) groups is 3. The number of allylic oxidation sites excluding steroid dienone is 14. The van der Waals surface area contributed by atoms with Gasteiger partial charge in [-0.3, -0.25) is 23.4 Å². The standard InChI is InChI=1S/C64H111O11P/c1-4-7-10-13-16-19-22-25-27-29-30-32-34-37-40-43-46-49-52-55-64(68)75-61(57-71-62(66)53-50-47-44-41-38-36-33-31-28-26-23-20-17-14-11-8-5-2)59-73-76(69,70)72-58-60(56-65)74-63(67)54-51-48-45-42-39-35-24-21-18-15-12-9-6-3/h8-9,11-12,17-18,20-21,26,28,35,39,45,48,60-61,65H,4-7,10,13-16,19,22-25,27,29-34,36-38,40-44,46-47,49-59H2,1-3H3,(H,69,70)/b11-8-,12-9-,20-17-,21-18-,28-26-,39-35-,48-45-. The van der Waals surface area contributed by atoms with Crippen LogP contribution in [-0.2, 0) is 42.2 Å². The summed E-state index contributed by atoms with van der Waals surface area (Å²) in [4.78, 5) is 48.6. The fraction of sp³-hybridized carbons (Fsp3) is 0.734. The number of esters is 3. The third-order valence-corrected chi connectivity index (χ3v) is 13.8. The van der Waals surface area contributed by atoms with Gasteiger partial charge >= 0.3 is 25.7 Å². The Morgan fingerprint density at radius 2 is 0.711 bits per heavy atom. The summed E-state index contributed by atoms with van der Waals surface area (Å²) >= 11 is 0. The van der Waals surface area contributed by atoms with Gasteiger partial charge in [0.15, 0.2) is 6.10 Å². The number of phosphoric acid groups is 1. The van der Waals surface area contributed by atoms with E-state index in [-0.39, 0.29) is 25.9 Å². The van der Waals surface area contributed by atoms with Crippen molar-refractivity contribution in [3.8, 4) is 0 Å². The Hall–Kier alpha value is -3.34. The number of aliphatic hydroxyl groups excluding tert-OH is 1. The van der Waals surface area contributed by atoms with Crippen molar-refractivity contribution in [3.63, 3.8) is 0 Å². The molecule has 76 heavy (non-hydrogen) atoms. The van der Waals surface area contributed by atoms with Crippen molar-refractivity contribution in [1.29, 1.82) is 0 Å². The van der Waals surface area contributed by atoms with Crippen LogP contribution in [0.4, 0.5) is 0 Å². The molecule has 12 heteroatoms. The van der Waals surface area contributed by atoms with Crippen LogP contribution in [0.2, 0.25) is 0 Å². The maximum absolute atomic E-state index is 12.9.